The van der Waals surface area contributed by atoms with Gasteiger partial charge in [-0.3, -0.25) is 4.79 Å². The van der Waals surface area contributed by atoms with Gasteiger partial charge < -0.3 is 19.7 Å². The minimum absolute atomic E-state index is 0.195. The SMILES string of the molecule is COC(=O)c1c(NC(=O)C(C)Sc2c([O-])on[n+]2-c2ccc(C)cc2)sc2c1CCC(c1ccccc1)C2. The average molecular weight is 550 g/mol. The molecule has 0 saturated carbocycles. The molecule has 2 aromatic heterocycles. The molecule has 2 heterocycles. The quantitative estimate of drug-likeness (QED) is 0.204. The molecule has 196 valence electrons. The maximum Gasteiger partial charge on any atom is 0.341 e. The van der Waals surface area contributed by atoms with Crippen molar-refractivity contribution in [2.45, 2.75) is 49.3 Å². The largest absolute Gasteiger partial charge is 0.538 e. The third kappa shape index (κ3) is 5.19. The highest BCUT2D eigenvalue weighted by atomic mass is 32.2. The third-order valence-electron chi connectivity index (χ3n) is 6.67. The maximum absolute atomic E-state index is 13.3. The van der Waals surface area contributed by atoms with Gasteiger partial charge in [0.2, 0.25) is 11.6 Å². The van der Waals surface area contributed by atoms with Crippen LogP contribution in [0.1, 0.15) is 51.2 Å². The van der Waals surface area contributed by atoms with E-state index in [0.29, 0.717) is 22.2 Å². The minimum atomic E-state index is -0.666. The number of ether oxygens (including phenoxy) is 1. The molecule has 0 saturated heterocycles. The van der Waals surface area contributed by atoms with Crippen molar-refractivity contribution >= 4 is 40.0 Å². The van der Waals surface area contributed by atoms with Crippen molar-refractivity contribution in [2.75, 3.05) is 12.4 Å². The summed E-state index contributed by atoms with van der Waals surface area (Å²) in [4.78, 5) is 27.1. The Kier molecular flexibility index (Phi) is 7.53. The van der Waals surface area contributed by atoms with Gasteiger partial charge in [-0.05, 0) is 66.6 Å². The van der Waals surface area contributed by atoms with Crippen molar-refractivity contribution in [2.24, 2.45) is 0 Å². The van der Waals surface area contributed by atoms with E-state index in [1.165, 1.54) is 28.7 Å². The predicted molar refractivity (Wildman–Crippen MR) is 143 cm³/mol. The van der Waals surface area contributed by atoms with Gasteiger partial charge in [0.1, 0.15) is 5.00 Å². The molecule has 2 unspecified atom stereocenters. The molecular weight excluding hydrogens is 522 g/mol. The number of carbonyl (C=O) groups excluding carboxylic acids is 2. The highest BCUT2D eigenvalue weighted by Gasteiger charge is 2.32. The molecule has 5 rings (SSSR count). The number of thioether (sulfide) groups is 1. The summed E-state index contributed by atoms with van der Waals surface area (Å²) in [5.41, 5.74) is 4.36. The molecule has 38 heavy (non-hydrogen) atoms. The first-order valence-electron chi connectivity index (χ1n) is 12.3. The van der Waals surface area contributed by atoms with Gasteiger partial charge in [-0.15, -0.1) is 11.3 Å². The number of carbonyl (C=O) groups is 2. The Hall–Kier alpha value is -3.63. The number of nitrogens with one attached hydrogen (secondary N) is 1. The number of methoxy groups -OCH3 is 1. The molecule has 0 aliphatic heterocycles. The number of aryl methyl sites for hydroxylation is 1. The Morgan fingerprint density at radius 1 is 1.21 bits per heavy atom. The van der Waals surface area contributed by atoms with Gasteiger partial charge in [0.05, 0.1) is 23.2 Å². The summed E-state index contributed by atoms with van der Waals surface area (Å²) >= 11 is 2.48. The number of aromatic nitrogens is 2. The molecule has 1 amide bonds. The van der Waals surface area contributed by atoms with Crippen LogP contribution in [0.25, 0.3) is 5.69 Å². The number of anilines is 1. The summed E-state index contributed by atoms with van der Waals surface area (Å²) in [6.45, 7) is 3.66. The molecule has 1 aliphatic rings. The lowest BCUT2D eigenvalue weighted by molar-refractivity contribution is -0.705. The third-order valence-corrected chi connectivity index (χ3v) is 8.97. The number of thiophene rings is 1. The molecule has 0 spiro atoms. The molecule has 0 fully saturated rings. The Morgan fingerprint density at radius 2 is 1.95 bits per heavy atom. The fourth-order valence-corrected chi connectivity index (χ4v) is 6.82. The van der Waals surface area contributed by atoms with Crippen molar-refractivity contribution in [3.63, 3.8) is 0 Å². The molecular formula is C28H27N3O5S2. The van der Waals surface area contributed by atoms with E-state index in [-0.39, 0.29) is 10.9 Å². The van der Waals surface area contributed by atoms with Gasteiger partial charge in [0.25, 0.3) is 5.03 Å². The molecule has 1 N–H and O–H groups in total. The number of hydrogen-bond acceptors (Lipinski definition) is 8. The van der Waals surface area contributed by atoms with Crippen LogP contribution >= 0.6 is 23.1 Å². The molecule has 0 radical (unpaired) electrons. The Labute approximate surface area is 228 Å². The summed E-state index contributed by atoms with van der Waals surface area (Å²) in [6.07, 6.45) is 2.44. The van der Waals surface area contributed by atoms with Crippen LogP contribution in [0.4, 0.5) is 5.00 Å². The smallest absolute Gasteiger partial charge is 0.341 e. The molecule has 2 atom stereocenters. The van der Waals surface area contributed by atoms with E-state index in [0.717, 1.165) is 47.0 Å². The predicted octanol–water partition coefficient (Wildman–Crippen LogP) is 4.57. The van der Waals surface area contributed by atoms with E-state index in [4.69, 9.17) is 9.26 Å². The maximum atomic E-state index is 13.3. The van der Waals surface area contributed by atoms with Crippen LogP contribution in [0.2, 0.25) is 0 Å². The Bertz CT molecular complexity index is 1460. The summed E-state index contributed by atoms with van der Waals surface area (Å²) in [7, 11) is 1.34. The standard InChI is InChI=1S/C28H27N3O5S2/c1-16-9-12-20(13-10-16)31-26(28(34)36-30-31)37-17(2)24(32)29-25-23(27(33)35-3)21-14-11-19(15-22(21)38-25)18-7-5-4-6-8-18/h4-10,12-13,17,19H,11,14-15H2,1-3H3,(H-,29,30,32,33,34). The van der Waals surface area contributed by atoms with Crippen molar-refractivity contribution in [3.8, 4) is 11.6 Å². The van der Waals surface area contributed by atoms with Crippen LogP contribution in [-0.2, 0) is 22.4 Å². The fraction of sp³-hybridized carbons (Fsp3) is 0.286. The highest BCUT2D eigenvalue weighted by Crippen LogP contribution is 2.43. The fourth-order valence-electron chi connectivity index (χ4n) is 4.63. The van der Waals surface area contributed by atoms with Crippen LogP contribution in [0.5, 0.6) is 5.95 Å². The summed E-state index contributed by atoms with van der Waals surface area (Å²) in [5.74, 6) is -1.07. The van der Waals surface area contributed by atoms with Gasteiger partial charge in [0, 0.05) is 17.0 Å². The first-order chi connectivity index (χ1) is 18.4. The number of hydrogen-bond donors (Lipinski definition) is 1. The van der Waals surface area contributed by atoms with Gasteiger partial charge in [-0.2, -0.15) is 0 Å². The summed E-state index contributed by atoms with van der Waals surface area (Å²) in [5, 5.41) is 19.2. The summed E-state index contributed by atoms with van der Waals surface area (Å²) in [6, 6.07) is 17.8. The van der Waals surface area contributed by atoms with Crippen LogP contribution in [-0.4, -0.2) is 29.5 Å². The second-order valence-corrected chi connectivity index (χ2v) is 11.6. The molecule has 8 nitrogen and oxygen atoms in total. The number of rotatable bonds is 7. The van der Waals surface area contributed by atoms with Gasteiger partial charge in [-0.25, -0.2) is 4.79 Å². The monoisotopic (exact) mass is 549 g/mol. The number of nitrogens with zero attached hydrogens (tertiary/aromatic N) is 2. The van der Waals surface area contributed by atoms with Crippen molar-refractivity contribution in [1.29, 1.82) is 0 Å². The average Bonchev–Trinajstić information content (AvgIpc) is 3.48. The molecule has 1 aliphatic carbocycles. The van der Waals surface area contributed by atoms with Crippen molar-refractivity contribution in [3.05, 3.63) is 81.7 Å². The normalized spacial score (nSPS) is 15.5. The van der Waals surface area contributed by atoms with E-state index in [1.807, 2.05) is 49.4 Å². The zero-order valence-corrected chi connectivity index (χ0v) is 22.9. The van der Waals surface area contributed by atoms with E-state index in [2.05, 4.69) is 22.7 Å². The van der Waals surface area contributed by atoms with E-state index in [1.54, 1.807) is 6.92 Å². The Morgan fingerprint density at radius 3 is 2.66 bits per heavy atom. The lowest BCUT2D eigenvalue weighted by Crippen LogP contribution is -2.36. The molecule has 2 aromatic carbocycles. The molecule has 10 heteroatoms. The molecule has 4 aromatic rings. The van der Waals surface area contributed by atoms with Crippen LogP contribution in [0.3, 0.4) is 0 Å². The molecule has 0 bridgehead atoms. The zero-order valence-electron chi connectivity index (χ0n) is 21.2. The van der Waals surface area contributed by atoms with Crippen LogP contribution in [0.15, 0.2) is 64.1 Å². The van der Waals surface area contributed by atoms with Crippen LogP contribution < -0.4 is 15.1 Å². The van der Waals surface area contributed by atoms with Gasteiger partial charge in [-0.1, -0.05) is 48.0 Å². The van der Waals surface area contributed by atoms with Crippen molar-refractivity contribution < 1.29 is 28.6 Å². The van der Waals surface area contributed by atoms with E-state index in [9.17, 15) is 14.7 Å². The van der Waals surface area contributed by atoms with Gasteiger partial charge in [0.15, 0.2) is 5.95 Å². The minimum Gasteiger partial charge on any atom is -0.538 e. The second-order valence-electron chi connectivity index (χ2n) is 9.21. The van der Waals surface area contributed by atoms with E-state index >= 15 is 0 Å². The first-order valence-corrected chi connectivity index (χ1v) is 14.0. The highest BCUT2D eigenvalue weighted by molar-refractivity contribution is 8.00. The van der Waals surface area contributed by atoms with Crippen LogP contribution in [0, 0.1) is 6.92 Å². The number of fused-ring (bicyclic) bond motifs is 1. The Balaban J connectivity index is 1.36. The van der Waals surface area contributed by atoms with Crippen molar-refractivity contribution in [1.82, 2.24) is 5.27 Å². The van der Waals surface area contributed by atoms with E-state index < -0.39 is 17.2 Å². The first kappa shape index (κ1) is 26.0. The van der Waals surface area contributed by atoms with Gasteiger partial charge >= 0.3 is 5.97 Å². The number of esters is 1. The number of benzene rings is 2. The number of amides is 1. The lowest BCUT2D eigenvalue weighted by Gasteiger charge is -2.22. The topological polar surface area (TPSA) is 108 Å². The zero-order chi connectivity index (χ0) is 26.8. The second kappa shape index (κ2) is 11.0. The lowest BCUT2D eigenvalue weighted by atomic mass is 9.83. The summed E-state index contributed by atoms with van der Waals surface area (Å²) < 4.78 is 11.4.